The van der Waals surface area contributed by atoms with Crippen LogP contribution in [0.2, 0.25) is 0 Å². The van der Waals surface area contributed by atoms with Crippen molar-refractivity contribution in [3.63, 3.8) is 0 Å². The molecule has 2 heterocycles. The Bertz CT molecular complexity index is 769. The fraction of sp³-hybridized carbons (Fsp3) is 0.429. The second kappa shape index (κ2) is 5.66. The molecule has 1 aromatic carbocycles. The SMILES string of the molecule is O=c1[nH]nc(SCc2cc3c(cc2Br)OCCO3)n1C1CC1. The summed E-state index contributed by atoms with van der Waals surface area (Å²) in [5.41, 5.74) is 0.971. The first-order valence-electron chi connectivity index (χ1n) is 7.10. The molecular weight excluding hydrogens is 370 g/mol. The zero-order valence-corrected chi connectivity index (χ0v) is 14.1. The third-order valence-electron chi connectivity index (χ3n) is 3.65. The Morgan fingerprint density at radius 3 is 2.77 bits per heavy atom. The third-order valence-corrected chi connectivity index (χ3v) is 5.39. The molecule has 1 aromatic heterocycles. The molecule has 0 bridgehead atoms. The average Bonchev–Trinajstić information content (AvgIpc) is 3.28. The van der Waals surface area contributed by atoms with Crippen molar-refractivity contribution in [1.82, 2.24) is 14.8 Å². The molecule has 0 unspecified atom stereocenters. The highest BCUT2D eigenvalue weighted by atomic mass is 79.9. The maximum atomic E-state index is 11.8. The summed E-state index contributed by atoms with van der Waals surface area (Å²) in [5, 5.41) is 7.41. The van der Waals surface area contributed by atoms with Crippen LogP contribution in [0.4, 0.5) is 0 Å². The number of halogens is 1. The number of aromatic amines is 1. The topological polar surface area (TPSA) is 69.1 Å². The van der Waals surface area contributed by atoms with Gasteiger partial charge in [0, 0.05) is 16.3 Å². The first-order chi connectivity index (χ1) is 10.7. The fourth-order valence-corrected chi connectivity index (χ4v) is 4.06. The molecule has 116 valence electrons. The molecule has 1 aliphatic carbocycles. The van der Waals surface area contributed by atoms with Gasteiger partial charge >= 0.3 is 5.69 Å². The molecule has 1 fully saturated rings. The standard InChI is InChI=1S/C14H14BrN3O3S/c15-10-6-12-11(20-3-4-21-12)5-8(10)7-22-14-17-16-13(19)18(14)9-1-2-9/h5-6,9H,1-4,7H2,(H,16,19). The molecule has 2 aliphatic rings. The minimum Gasteiger partial charge on any atom is -0.486 e. The summed E-state index contributed by atoms with van der Waals surface area (Å²) in [5.74, 6) is 2.24. The number of hydrogen-bond acceptors (Lipinski definition) is 5. The lowest BCUT2D eigenvalue weighted by Crippen LogP contribution is -2.16. The lowest BCUT2D eigenvalue weighted by atomic mass is 10.2. The number of thioether (sulfide) groups is 1. The Hall–Kier alpha value is -1.41. The maximum absolute atomic E-state index is 11.8. The summed E-state index contributed by atoms with van der Waals surface area (Å²) in [6.07, 6.45) is 2.11. The van der Waals surface area contributed by atoms with Crippen molar-refractivity contribution in [2.45, 2.75) is 29.8 Å². The van der Waals surface area contributed by atoms with Crippen LogP contribution in [-0.4, -0.2) is 28.0 Å². The summed E-state index contributed by atoms with van der Waals surface area (Å²) in [6, 6.07) is 4.23. The number of benzene rings is 1. The number of nitrogens with one attached hydrogen (secondary N) is 1. The number of fused-ring (bicyclic) bond motifs is 1. The largest absolute Gasteiger partial charge is 0.486 e. The molecule has 1 aliphatic heterocycles. The van der Waals surface area contributed by atoms with Gasteiger partial charge in [0.2, 0.25) is 0 Å². The van der Waals surface area contributed by atoms with E-state index in [-0.39, 0.29) is 5.69 Å². The Kier molecular flexibility index (Phi) is 3.65. The number of ether oxygens (including phenoxy) is 2. The van der Waals surface area contributed by atoms with Gasteiger partial charge in [-0.2, -0.15) is 0 Å². The lowest BCUT2D eigenvalue weighted by Gasteiger charge is -2.19. The van der Waals surface area contributed by atoms with E-state index in [0.717, 1.165) is 39.5 Å². The second-order valence-electron chi connectivity index (χ2n) is 5.29. The number of nitrogens with zero attached hydrogens (tertiary/aromatic N) is 2. The minimum absolute atomic E-state index is 0.119. The summed E-state index contributed by atoms with van der Waals surface area (Å²) in [4.78, 5) is 11.8. The highest BCUT2D eigenvalue weighted by molar-refractivity contribution is 9.10. The fourth-order valence-electron chi connectivity index (χ4n) is 2.41. The molecule has 6 nitrogen and oxygen atoms in total. The van der Waals surface area contributed by atoms with Gasteiger partial charge in [0.25, 0.3) is 0 Å². The van der Waals surface area contributed by atoms with Crippen molar-refractivity contribution in [1.29, 1.82) is 0 Å². The minimum atomic E-state index is -0.119. The van der Waals surface area contributed by atoms with Gasteiger partial charge in [0.1, 0.15) is 13.2 Å². The van der Waals surface area contributed by atoms with Crippen molar-refractivity contribution >= 4 is 27.7 Å². The van der Waals surface area contributed by atoms with Crippen molar-refractivity contribution in [2.75, 3.05) is 13.2 Å². The van der Waals surface area contributed by atoms with Crippen LogP contribution in [-0.2, 0) is 5.75 Å². The first-order valence-corrected chi connectivity index (χ1v) is 8.88. The Morgan fingerprint density at radius 2 is 2.05 bits per heavy atom. The number of aromatic nitrogens is 3. The monoisotopic (exact) mass is 383 g/mol. The molecule has 0 amide bonds. The van der Waals surface area contributed by atoms with E-state index in [1.807, 2.05) is 12.1 Å². The first kappa shape index (κ1) is 14.2. The van der Waals surface area contributed by atoms with Crippen LogP contribution in [0.5, 0.6) is 11.5 Å². The normalized spacial score (nSPS) is 16.8. The van der Waals surface area contributed by atoms with Crippen molar-refractivity contribution in [3.8, 4) is 11.5 Å². The van der Waals surface area contributed by atoms with Crippen LogP contribution >= 0.6 is 27.7 Å². The van der Waals surface area contributed by atoms with Crippen molar-refractivity contribution in [3.05, 3.63) is 32.7 Å². The summed E-state index contributed by atoms with van der Waals surface area (Å²) in [7, 11) is 0. The van der Waals surface area contributed by atoms with Gasteiger partial charge in [-0.05, 0) is 30.5 Å². The van der Waals surface area contributed by atoms with Crippen LogP contribution in [0.3, 0.4) is 0 Å². The zero-order chi connectivity index (χ0) is 15.1. The Balaban J connectivity index is 1.55. The molecular formula is C14H14BrN3O3S. The van der Waals surface area contributed by atoms with Gasteiger partial charge in [0.15, 0.2) is 16.7 Å². The van der Waals surface area contributed by atoms with Crippen molar-refractivity contribution in [2.24, 2.45) is 0 Å². The van der Waals surface area contributed by atoms with Crippen molar-refractivity contribution < 1.29 is 9.47 Å². The molecule has 1 N–H and O–H groups in total. The Labute approximate surface area is 139 Å². The van der Waals surface area contributed by atoms with E-state index in [0.29, 0.717) is 25.0 Å². The van der Waals surface area contributed by atoms with E-state index in [1.54, 1.807) is 16.3 Å². The number of rotatable bonds is 4. The van der Waals surface area contributed by atoms with E-state index in [1.165, 1.54) is 0 Å². The maximum Gasteiger partial charge on any atom is 0.344 e. The zero-order valence-electron chi connectivity index (χ0n) is 11.7. The molecule has 0 spiro atoms. The van der Waals surface area contributed by atoms with Crippen LogP contribution in [0.1, 0.15) is 24.4 Å². The van der Waals surface area contributed by atoms with Crippen LogP contribution in [0, 0.1) is 0 Å². The van der Waals surface area contributed by atoms with E-state index in [9.17, 15) is 4.79 Å². The number of H-pyrrole nitrogens is 1. The van der Waals surface area contributed by atoms with E-state index < -0.39 is 0 Å². The van der Waals surface area contributed by atoms with Gasteiger partial charge in [0.05, 0.1) is 0 Å². The second-order valence-corrected chi connectivity index (χ2v) is 7.09. The molecule has 8 heteroatoms. The summed E-state index contributed by atoms with van der Waals surface area (Å²) < 4.78 is 13.9. The predicted molar refractivity (Wildman–Crippen MR) is 85.8 cm³/mol. The van der Waals surface area contributed by atoms with Gasteiger partial charge in [-0.15, -0.1) is 5.10 Å². The van der Waals surface area contributed by atoms with Crippen LogP contribution in [0.15, 0.2) is 26.6 Å². The highest BCUT2D eigenvalue weighted by Crippen LogP contribution is 2.39. The van der Waals surface area contributed by atoms with Gasteiger partial charge in [-0.3, -0.25) is 4.57 Å². The number of hydrogen-bond donors (Lipinski definition) is 1. The van der Waals surface area contributed by atoms with Crippen LogP contribution < -0.4 is 15.2 Å². The highest BCUT2D eigenvalue weighted by Gasteiger charge is 2.28. The molecule has 0 radical (unpaired) electrons. The molecule has 0 atom stereocenters. The third kappa shape index (κ3) is 2.65. The smallest absolute Gasteiger partial charge is 0.344 e. The van der Waals surface area contributed by atoms with E-state index in [4.69, 9.17) is 9.47 Å². The van der Waals surface area contributed by atoms with Crippen LogP contribution in [0.25, 0.3) is 0 Å². The van der Waals surface area contributed by atoms with E-state index >= 15 is 0 Å². The molecule has 4 rings (SSSR count). The Morgan fingerprint density at radius 1 is 1.32 bits per heavy atom. The molecule has 22 heavy (non-hydrogen) atoms. The molecule has 1 saturated carbocycles. The average molecular weight is 384 g/mol. The molecule has 0 saturated heterocycles. The predicted octanol–water partition coefficient (Wildman–Crippen LogP) is 2.73. The van der Waals surface area contributed by atoms with E-state index in [2.05, 4.69) is 26.1 Å². The van der Waals surface area contributed by atoms with Gasteiger partial charge in [-0.1, -0.05) is 27.7 Å². The summed E-state index contributed by atoms with van der Waals surface area (Å²) in [6.45, 7) is 1.15. The van der Waals surface area contributed by atoms with Gasteiger partial charge < -0.3 is 9.47 Å². The lowest BCUT2D eigenvalue weighted by molar-refractivity contribution is 0.171. The molecule has 2 aromatic rings. The van der Waals surface area contributed by atoms with Gasteiger partial charge in [-0.25, -0.2) is 9.89 Å². The quantitative estimate of drug-likeness (QED) is 0.821. The summed E-state index contributed by atoms with van der Waals surface area (Å²) >= 11 is 5.12.